The molecule has 0 bridgehead atoms. The summed E-state index contributed by atoms with van der Waals surface area (Å²) in [6.45, 7) is 1.60. The van der Waals surface area contributed by atoms with E-state index >= 15 is 0 Å². The summed E-state index contributed by atoms with van der Waals surface area (Å²) in [6, 6.07) is 1.90. The van der Waals surface area contributed by atoms with Crippen LogP contribution in [0.4, 0.5) is 17.6 Å². The van der Waals surface area contributed by atoms with Crippen LogP contribution in [0.3, 0.4) is 0 Å². The molecule has 0 saturated heterocycles. The molecule has 6 nitrogen and oxygen atoms in total. The van der Waals surface area contributed by atoms with E-state index in [-0.39, 0.29) is 31.5 Å². The normalized spacial score (nSPS) is 12.8. The number of rotatable bonds is 5. The highest BCUT2D eigenvalue weighted by Gasteiger charge is 2.35. The van der Waals surface area contributed by atoms with E-state index in [4.69, 9.17) is 16.7 Å². The van der Waals surface area contributed by atoms with Gasteiger partial charge in [-0.1, -0.05) is 18.5 Å². The number of aliphatic carboxylic acids is 1. The predicted octanol–water partition coefficient (Wildman–Crippen LogP) is 3.30. The highest BCUT2D eigenvalue weighted by Crippen LogP contribution is 2.34. The molecule has 0 radical (unpaired) electrons. The van der Waals surface area contributed by atoms with Crippen LogP contribution in [0.15, 0.2) is 32.7 Å². The standard InChI is InChI=1S/C16H13ClF4N2O4S/c1-3-10(14(25)26)28-11-5-9(8(18)4-7(11)17)23-13(24)6-12(16(19,20)21)22(2)15(23)27/h4-6,10H,3H2,1-2H3,(H,25,26). The third kappa shape index (κ3) is 4.25. The van der Waals surface area contributed by atoms with Gasteiger partial charge in [0.05, 0.1) is 10.7 Å². The molecule has 28 heavy (non-hydrogen) atoms. The number of hydrogen-bond donors (Lipinski definition) is 1. The van der Waals surface area contributed by atoms with Crippen LogP contribution in [0.1, 0.15) is 19.0 Å². The minimum absolute atomic E-state index is 0.0566. The Morgan fingerprint density at radius 3 is 2.39 bits per heavy atom. The number of halogens is 5. The molecule has 1 aromatic carbocycles. The smallest absolute Gasteiger partial charge is 0.431 e. The first-order valence-electron chi connectivity index (χ1n) is 7.67. The Morgan fingerprint density at radius 2 is 1.89 bits per heavy atom. The maximum atomic E-state index is 14.4. The molecule has 1 aromatic heterocycles. The molecule has 0 fully saturated rings. The lowest BCUT2D eigenvalue weighted by molar-refractivity contribution is -0.144. The molecule has 12 heteroatoms. The SMILES string of the molecule is CCC(Sc1cc(-n2c(=O)cc(C(F)(F)F)n(C)c2=O)c(F)cc1Cl)C(=O)O. The van der Waals surface area contributed by atoms with Crippen LogP contribution in [0.5, 0.6) is 0 Å². The van der Waals surface area contributed by atoms with Gasteiger partial charge in [-0.3, -0.25) is 14.2 Å². The number of benzene rings is 1. The first-order chi connectivity index (χ1) is 12.9. The maximum Gasteiger partial charge on any atom is 0.431 e. The van der Waals surface area contributed by atoms with E-state index in [0.717, 1.165) is 30.9 Å². The van der Waals surface area contributed by atoms with Crippen LogP contribution in [0, 0.1) is 5.82 Å². The monoisotopic (exact) mass is 440 g/mol. The van der Waals surface area contributed by atoms with Crippen molar-refractivity contribution in [2.75, 3.05) is 0 Å². The van der Waals surface area contributed by atoms with Gasteiger partial charge in [-0.25, -0.2) is 13.8 Å². The molecular formula is C16H13ClF4N2O4S. The Bertz CT molecular complexity index is 1050. The Labute approximate surface area is 164 Å². The molecular weight excluding hydrogens is 428 g/mol. The van der Waals surface area contributed by atoms with E-state index in [1.165, 1.54) is 0 Å². The number of carboxylic acid groups (broad SMARTS) is 1. The topological polar surface area (TPSA) is 81.3 Å². The van der Waals surface area contributed by atoms with Crippen molar-refractivity contribution in [3.63, 3.8) is 0 Å². The zero-order valence-electron chi connectivity index (χ0n) is 14.4. The average molecular weight is 441 g/mol. The summed E-state index contributed by atoms with van der Waals surface area (Å²) in [5.41, 5.74) is -4.92. The van der Waals surface area contributed by atoms with Gasteiger partial charge in [0.2, 0.25) is 0 Å². The summed E-state index contributed by atoms with van der Waals surface area (Å²) in [6.07, 6.45) is -4.76. The van der Waals surface area contributed by atoms with Crippen LogP contribution in [0.2, 0.25) is 5.02 Å². The van der Waals surface area contributed by atoms with Gasteiger partial charge in [0.15, 0.2) is 0 Å². The zero-order chi connectivity index (χ0) is 21.4. The summed E-state index contributed by atoms with van der Waals surface area (Å²) in [4.78, 5) is 35.7. The van der Waals surface area contributed by atoms with Crippen LogP contribution in [-0.2, 0) is 18.0 Å². The molecule has 1 unspecified atom stereocenters. The number of carboxylic acids is 1. The van der Waals surface area contributed by atoms with Crippen molar-refractivity contribution in [2.45, 2.75) is 29.7 Å². The maximum absolute atomic E-state index is 14.4. The fourth-order valence-corrected chi connectivity index (χ4v) is 3.57. The highest BCUT2D eigenvalue weighted by atomic mass is 35.5. The molecule has 1 N–H and O–H groups in total. The van der Waals surface area contributed by atoms with Crippen molar-refractivity contribution in [3.8, 4) is 5.69 Å². The molecule has 2 aromatic rings. The Hall–Kier alpha value is -2.27. The van der Waals surface area contributed by atoms with Crippen molar-refractivity contribution in [2.24, 2.45) is 7.05 Å². The lowest BCUT2D eigenvalue weighted by Crippen LogP contribution is -2.41. The lowest BCUT2D eigenvalue weighted by Gasteiger charge is -2.16. The minimum atomic E-state index is -4.96. The number of aromatic nitrogens is 2. The van der Waals surface area contributed by atoms with E-state index < -0.39 is 45.8 Å². The number of hydrogen-bond acceptors (Lipinski definition) is 4. The second-order valence-electron chi connectivity index (χ2n) is 5.63. The zero-order valence-corrected chi connectivity index (χ0v) is 16.0. The van der Waals surface area contributed by atoms with Crippen LogP contribution < -0.4 is 11.2 Å². The lowest BCUT2D eigenvalue weighted by atomic mass is 10.3. The summed E-state index contributed by atoms with van der Waals surface area (Å²) < 4.78 is 53.6. The largest absolute Gasteiger partial charge is 0.480 e. The highest BCUT2D eigenvalue weighted by molar-refractivity contribution is 8.00. The predicted molar refractivity (Wildman–Crippen MR) is 94.8 cm³/mol. The second kappa shape index (κ2) is 8.00. The van der Waals surface area contributed by atoms with Gasteiger partial charge in [-0.2, -0.15) is 13.2 Å². The van der Waals surface area contributed by atoms with Gasteiger partial charge < -0.3 is 5.11 Å². The third-order valence-corrected chi connectivity index (χ3v) is 5.60. The van der Waals surface area contributed by atoms with E-state index in [1.54, 1.807) is 6.92 Å². The summed E-state index contributed by atoms with van der Waals surface area (Å²) in [5.74, 6) is -2.28. The Balaban J connectivity index is 2.71. The van der Waals surface area contributed by atoms with Gasteiger partial charge in [0, 0.05) is 18.0 Å². The first kappa shape index (κ1) is 22.0. The molecule has 0 aliphatic carbocycles. The van der Waals surface area contributed by atoms with Crippen molar-refractivity contribution < 1.29 is 27.5 Å². The van der Waals surface area contributed by atoms with E-state index in [2.05, 4.69) is 0 Å². The van der Waals surface area contributed by atoms with Gasteiger partial charge in [-0.15, -0.1) is 11.8 Å². The van der Waals surface area contributed by atoms with Gasteiger partial charge in [-0.05, 0) is 18.6 Å². The number of thioether (sulfide) groups is 1. The molecule has 0 spiro atoms. The van der Waals surface area contributed by atoms with Crippen LogP contribution in [-0.4, -0.2) is 25.5 Å². The Kier molecular flexibility index (Phi) is 6.29. The van der Waals surface area contributed by atoms with Crippen molar-refractivity contribution in [3.05, 3.63) is 55.6 Å². The van der Waals surface area contributed by atoms with Gasteiger partial charge in [0.1, 0.15) is 16.8 Å². The van der Waals surface area contributed by atoms with Crippen molar-refractivity contribution in [1.29, 1.82) is 0 Å². The number of nitrogens with zero attached hydrogens (tertiary/aromatic N) is 2. The number of carbonyl (C=O) groups is 1. The summed E-state index contributed by atoms with van der Waals surface area (Å²) >= 11 is 6.68. The fraction of sp³-hybridized carbons (Fsp3) is 0.312. The first-order valence-corrected chi connectivity index (χ1v) is 8.93. The van der Waals surface area contributed by atoms with Crippen LogP contribution >= 0.6 is 23.4 Å². The van der Waals surface area contributed by atoms with E-state index in [1.807, 2.05) is 0 Å². The Morgan fingerprint density at radius 1 is 1.29 bits per heavy atom. The molecule has 2 rings (SSSR count). The van der Waals surface area contributed by atoms with E-state index in [0.29, 0.717) is 0 Å². The quantitative estimate of drug-likeness (QED) is 0.570. The fourth-order valence-electron chi connectivity index (χ4n) is 2.36. The molecule has 1 atom stereocenters. The molecule has 0 aliphatic rings. The van der Waals surface area contributed by atoms with Crippen molar-refractivity contribution >= 4 is 29.3 Å². The number of alkyl halides is 3. The van der Waals surface area contributed by atoms with Crippen LogP contribution in [0.25, 0.3) is 5.69 Å². The molecule has 1 heterocycles. The van der Waals surface area contributed by atoms with E-state index in [9.17, 15) is 31.9 Å². The third-order valence-electron chi connectivity index (χ3n) is 3.77. The molecule has 152 valence electrons. The van der Waals surface area contributed by atoms with Crippen molar-refractivity contribution in [1.82, 2.24) is 9.13 Å². The van der Waals surface area contributed by atoms with Gasteiger partial charge in [0.25, 0.3) is 5.56 Å². The molecule has 0 aliphatic heterocycles. The molecule has 0 amide bonds. The summed E-state index contributed by atoms with van der Waals surface area (Å²) in [5, 5.41) is 8.04. The summed E-state index contributed by atoms with van der Waals surface area (Å²) in [7, 11) is 0.794. The van der Waals surface area contributed by atoms with Gasteiger partial charge >= 0.3 is 17.8 Å². The molecule has 0 saturated carbocycles. The minimum Gasteiger partial charge on any atom is -0.480 e. The second-order valence-corrected chi connectivity index (χ2v) is 7.28. The average Bonchev–Trinajstić information content (AvgIpc) is 2.57.